The van der Waals surface area contributed by atoms with Gasteiger partial charge in [0.15, 0.2) is 5.82 Å². The molecule has 1 aliphatic rings. The number of thioether (sulfide) groups is 1. The zero-order valence-electron chi connectivity index (χ0n) is 12.9. The fraction of sp³-hybridized carbons (Fsp3) is 0.467. The summed E-state index contributed by atoms with van der Waals surface area (Å²) in [7, 11) is 2.09. The van der Waals surface area contributed by atoms with Crippen LogP contribution >= 0.6 is 35.8 Å². The average Bonchev–Trinajstić information content (AvgIpc) is 2.98. The molecule has 1 N–H and O–H groups in total. The maximum Gasteiger partial charge on any atom is 0.227 e. The highest BCUT2D eigenvalue weighted by molar-refractivity contribution is 7.99. The van der Waals surface area contributed by atoms with E-state index in [-0.39, 0.29) is 18.4 Å². The van der Waals surface area contributed by atoms with Crippen molar-refractivity contribution in [2.75, 3.05) is 32.4 Å². The van der Waals surface area contributed by atoms with Crippen molar-refractivity contribution < 1.29 is 4.52 Å². The molecule has 0 aliphatic carbocycles. The van der Waals surface area contributed by atoms with Crippen molar-refractivity contribution in [3.63, 3.8) is 0 Å². The second-order valence-corrected chi connectivity index (χ2v) is 6.82. The van der Waals surface area contributed by atoms with Gasteiger partial charge in [-0.1, -0.05) is 28.9 Å². The van der Waals surface area contributed by atoms with Gasteiger partial charge < -0.3 is 9.84 Å². The highest BCUT2D eigenvalue weighted by atomic mass is 35.5. The fourth-order valence-electron chi connectivity index (χ4n) is 2.41. The zero-order valence-corrected chi connectivity index (χ0v) is 15.3. The summed E-state index contributed by atoms with van der Waals surface area (Å²) in [5, 5.41) is 8.28. The molecule has 0 saturated carbocycles. The summed E-state index contributed by atoms with van der Waals surface area (Å²) in [4.78, 5) is 7.87. The second kappa shape index (κ2) is 8.89. The number of likely N-dealkylation sites (N-methyl/N-ethyl adjacent to an activating group) is 1. The van der Waals surface area contributed by atoms with Gasteiger partial charge in [-0.15, -0.1) is 24.2 Å². The van der Waals surface area contributed by atoms with Crippen molar-refractivity contribution in [2.24, 2.45) is 0 Å². The Balaban J connectivity index is 0.00000192. The number of aryl methyl sites for hydroxylation is 1. The number of nitrogens with zero attached hydrogens (tertiary/aromatic N) is 3. The molecular formula is C15H20Cl2N4OS. The lowest BCUT2D eigenvalue weighted by atomic mass is 10.2. The van der Waals surface area contributed by atoms with Gasteiger partial charge >= 0.3 is 0 Å². The lowest BCUT2D eigenvalue weighted by molar-refractivity contribution is 0.190. The van der Waals surface area contributed by atoms with E-state index in [9.17, 15) is 0 Å². The van der Waals surface area contributed by atoms with Gasteiger partial charge in [0.05, 0.1) is 11.1 Å². The van der Waals surface area contributed by atoms with Gasteiger partial charge in [-0.2, -0.15) is 4.98 Å². The first kappa shape index (κ1) is 18.5. The van der Waals surface area contributed by atoms with Gasteiger partial charge in [0, 0.05) is 36.7 Å². The van der Waals surface area contributed by atoms with E-state index in [2.05, 4.69) is 27.4 Å². The Hall–Kier alpha value is -0.790. The summed E-state index contributed by atoms with van der Waals surface area (Å²) in [5.41, 5.74) is 0. The van der Waals surface area contributed by atoms with Crippen molar-refractivity contribution in [1.29, 1.82) is 0 Å². The quantitative estimate of drug-likeness (QED) is 0.811. The van der Waals surface area contributed by atoms with Crippen LogP contribution in [0, 0.1) is 0 Å². The minimum atomic E-state index is 0. The van der Waals surface area contributed by atoms with Crippen LogP contribution in [-0.2, 0) is 6.42 Å². The Morgan fingerprint density at radius 1 is 1.43 bits per heavy atom. The van der Waals surface area contributed by atoms with Gasteiger partial charge in [-0.05, 0) is 19.2 Å². The van der Waals surface area contributed by atoms with E-state index in [0.29, 0.717) is 5.89 Å². The number of hydrogen-bond acceptors (Lipinski definition) is 6. The van der Waals surface area contributed by atoms with E-state index in [1.165, 1.54) is 0 Å². The highest BCUT2D eigenvalue weighted by Gasteiger charge is 2.25. The number of piperazine rings is 1. The van der Waals surface area contributed by atoms with E-state index < -0.39 is 0 Å². The standard InChI is InChI=1S/C15H19ClN4OS.ClH/c1-20-8-7-17-10-12(20)15-18-14(21-19-15)6-9-22-13-5-3-2-4-11(13)16;/h2-5,12,17H,6-10H2,1H3;1H. The molecule has 1 aromatic heterocycles. The second-order valence-electron chi connectivity index (χ2n) is 5.28. The normalized spacial score (nSPS) is 18.6. The first-order valence-electron chi connectivity index (χ1n) is 7.35. The zero-order chi connectivity index (χ0) is 15.4. The third-order valence-electron chi connectivity index (χ3n) is 3.70. The number of nitrogens with one attached hydrogen (secondary N) is 1. The number of hydrogen-bond donors (Lipinski definition) is 1. The Kier molecular flexibility index (Phi) is 7.17. The fourth-order valence-corrected chi connectivity index (χ4v) is 3.59. The maximum atomic E-state index is 6.14. The molecular weight excluding hydrogens is 355 g/mol. The number of rotatable bonds is 5. The molecule has 5 nitrogen and oxygen atoms in total. The third-order valence-corrected chi connectivity index (χ3v) is 5.22. The number of benzene rings is 1. The minimum absolute atomic E-state index is 0. The third kappa shape index (κ3) is 4.84. The predicted molar refractivity (Wildman–Crippen MR) is 95.7 cm³/mol. The van der Waals surface area contributed by atoms with Gasteiger partial charge in [0.25, 0.3) is 0 Å². The Labute approximate surface area is 151 Å². The molecule has 23 heavy (non-hydrogen) atoms. The van der Waals surface area contributed by atoms with Crippen LogP contribution in [0.15, 0.2) is 33.7 Å². The van der Waals surface area contributed by atoms with Crippen LogP contribution in [0.2, 0.25) is 5.02 Å². The molecule has 1 aromatic carbocycles. The Morgan fingerprint density at radius 2 is 2.26 bits per heavy atom. The molecule has 0 bridgehead atoms. The van der Waals surface area contributed by atoms with Crippen LogP contribution in [0.25, 0.3) is 0 Å². The first-order valence-corrected chi connectivity index (χ1v) is 8.71. The van der Waals surface area contributed by atoms with Gasteiger partial charge in [0.2, 0.25) is 5.89 Å². The minimum Gasteiger partial charge on any atom is -0.339 e. The molecule has 2 aromatic rings. The van der Waals surface area contributed by atoms with Crippen molar-refractivity contribution in [3.8, 4) is 0 Å². The topological polar surface area (TPSA) is 54.2 Å². The van der Waals surface area contributed by atoms with Crippen LogP contribution in [0.4, 0.5) is 0 Å². The first-order chi connectivity index (χ1) is 10.7. The molecule has 2 heterocycles. The summed E-state index contributed by atoms with van der Waals surface area (Å²) >= 11 is 7.85. The molecule has 1 saturated heterocycles. The summed E-state index contributed by atoms with van der Waals surface area (Å²) in [6.07, 6.45) is 0.743. The molecule has 0 amide bonds. The predicted octanol–water partition coefficient (Wildman–Crippen LogP) is 3.06. The van der Waals surface area contributed by atoms with E-state index in [4.69, 9.17) is 16.1 Å². The molecule has 126 valence electrons. The molecule has 1 aliphatic heterocycles. The molecule has 8 heteroatoms. The molecule has 3 rings (SSSR count). The Bertz CT molecular complexity index is 625. The average molecular weight is 375 g/mol. The highest BCUT2D eigenvalue weighted by Crippen LogP contribution is 2.27. The molecule has 1 fully saturated rings. The van der Waals surface area contributed by atoms with E-state index in [1.807, 2.05) is 24.3 Å². The summed E-state index contributed by atoms with van der Waals surface area (Å²) in [6.45, 7) is 2.87. The lowest BCUT2D eigenvalue weighted by Crippen LogP contribution is -2.44. The Morgan fingerprint density at radius 3 is 3.04 bits per heavy atom. The number of aromatic nitrogens is 2. The van der Waals surface area contributed by atoms with Gasteiger partial charge in [0.1, 0.15) is 0 Å². The molecule has 0 radical (unpaired) electrons. The van der Waals surface area contributed by atoms with Gasteiger partial charge in [-0.3, -0.25) is 4.90 Å². The van der Waals surface area contributed by atoms with E-state index in [0.717, 1.165) is 47.6 Å². The van der Waals surface area contributed by atoms with Crippen molar-refractivity contribution >= 4 is 35.8 Å². The largest absolute Gasteiger partial charge is 0.339 e. The van der Waals surface area contributed by atoms with Crippen LogP contribution in [-0.4, -0.2) is 47.5 Å². The summed E-state index contributed by atoms with van der Waals surface area (Å²) < 4.78 is 5.37. The molecule has 0 spiro atoms. The van der Waals surface area contributed by atoms with Crippen molar-refractivity contribution in [3.05, 3.63) is 41.0 Å². The smallest absolute Gasteiger partial charge is 0.227 e. The van der Waals surface area contributed by atoms with Crippen LogP contribution in [0.1, 0.15) is 17.8 Å². The summed E-state index contributed by atoms with van der Waals surface area (Å²) in [5.74, 6) is 2.32. The van der Waals surface area contributed by atoms with Crippen LogP contribution in [0.5, 0.6) is 0 Å². The summed E-state index contributed by atoms with van der Waals surface area (Å²) in [6, 6.07) is 8.05. The molecule has 1 atom stereocenters. The van der Waals surface area contributed by atoms with Crippen molar-refractivity contribution in [2.45, 2.75) is 17.4 Å². The van der Waals surface area contributed by atoms with Crippen LogP contribution < -0.4 is 5.32 Å². The maximum absolute atomic E-state index is 6.14. The van der Waals surface area contributed by atoms with E-state index in [1.54, 1.807) is 11.8 Å². The molecule has 1 unspecified atom stereocenters. The SMILES string of the molecule is CN1CCNCC1c1noc(CCSc2ccccc2Cl)n1.Cl. The van der Waals surface area contributed by atoms with Crippen LogP contribution in [0.3, 0.4) is 0 Å². The number of halogens is 2. The monoisotopic (exact) mass is 374 g/mol. The van der Waals surface area contributed by atoms with Crippen molar-refractivity contribution in [1.82, 2.24) is 20.4 Å². The van der Waals surface area contributed by atoms with Gasteiger partial charge in [-0.25, -0.2) is 0 Å². The van der Waals surface area contributed by atoms with E-state index >= 15 is 0 Å². The lowest BCUT2D eigenvalue weighted by Gasteiger charge is -2.30.